The molecule has 0 aliphatic heterocycles. The number of hydrogen-bond acceptors (Lipinski definition) is 5. The summed E-state index contributed by atoms with van der Waals surface area (Å²) in [4.78, 5) is 28.2. The molecular formula is C25H35N3O5S. The van der Waals surface area contributed by atoms with E-state index in [0.717, 1.165) is 16.1 Å². The molecule has 1 atom stereocenters. The minimum Gasteiger partial charge on any atom is -0.495 e. The third-order valence-electron chi connectivity index (χ3n) is 5.11. The SMILES string of the molecule is CCC(C(=O)NC(C)(C)C)N(Cc1ccccc1)C(=O)CN(c1ccccc1OC)S(C)(=O)=O. The minimum atomic E-state index is -3.83. The molecule has 1 N–H and O–H groups in total. The quantitative estimate of drug-likeness (QED) is 0.553. The predicted molar refractivity (Wildman–Crippen MR) is 134 cm³/mol. The largest absolute Gasteiger partial charge is 0.495 e. The van der Waals surface area contributed by atoms with Crippen LogP contribution in [0, 0.1) is 0 Å². The Hall–Kier alpha value is -3.07. The summed E-state index contributed by atoms with van der Waals surface area (Å²) in [6, 6.07) is 15.1. The van der Waals surface area contributed by atoms with Crippen LogP contribution in [0.5, 0.6) is 5.75 Å². The fourth-order valence-electron chi connectivity index (χ4n) is 3.58. The van der Waals surface area contributed by atoms with Crippen LogP contribution in [-0.2, 0) is 26.2 Å². The number of para-hydroxylation sites is 2. The van der Waals surface area contributed by atoms with E-state index in [2.05, 4.69) is 5.32 Å². The Labute approximate surface area is 202 Å². The third-order valence-corrected chi connectivity index (χ3v) is 6.24. The molecule has 2 aromatic carbocycles. The monoisotopic (exact) mass is 489 g/mol. The first-order chi connectivity index (χ1) is 15.9. The van der Waals surface area contributed by atoms with Crippen molar-refractivity contribution in [1.29, 1.82) is 0 Å². The van der Waals surface area contributed by atoms with Crippen LogP contribution in [0.1, 0.15) is 39.7 Å². The maximum absolute atomic E-state index is 13.6. The molecule has 0 saturated heterocycles. The standard InChI is InChI=1S/C25H35N3O5S/c1-7-20(24(30)26-25(2,3)4)27(17-19-13-9-8-10-14-19)23(29)18-28(34(6,31)32)21-15-11-12-16-22(21)33-5/h8-16,20H,7,17-18H2,1-6H3,(H,26,30). The minimum absolute atomic E-state index is 0.166. The molecule has 8 nitrogen and oxygen atoms in total. The Morgan fingerprint density at radius 3 is 2.15 bits per heavy atom. The predicted octanol–water partition coefficient (Wildman–Crippen LogP) is 3.18. The maximum atomic E-state index is 13.6. The number of benzene rings is 2. The van der Waals surface area contributed by atoms with E-state index in [1.54, 1.807) is 24.3 Å². The van der Waals surface area contributed by atoms with Crippen LogP contribution in [0.15, 0.2) is 54.6 Å². The van der Waals surface area contributed by atoms with Crippen LogP contribution in [0.25, 0.3) is 0 Å². The zero-order chi connectivity index (χ0) is 25.5. The van der Waals surface area contributed by atoms with Gasteiger partial charge in [0.1, 0.15) is 18.3 Å². The lowest BCUT2D eigenvalue weighted by Gasteiger charge is -2.34. The topological polar surface area (TPSA) is 96.0 Å². The Balaban J connectivity index is 2.47. The number of amides is 2. The number of ether oxygens (including phenoxy) is 1. The van der Waals surface area contributed by atoms with Gasteiger partial charge < -0.3 is 15.0 Å². The van der Waals surface area contributed by atoms with Crippen molar-refractivity contribution in [2.24, 2.45) is 0 Å². The summed E-state index contributed by atoms with van der Waals surface area (Å²) in [5.74, 6) is -0.452. The van der Waals surface area contributed by atoms with Crippen LogP contribution in [0.2, 0.25) is 0 Å². The van der Waals surface area contributed by atoms with E-state index >= 15 is 0 Å². The summed E-state index contributed by atoms with van der Waals surface area (Å²) in [6.45, 7) is 7.13. The molecule has 2 amide bonds. The van der Waals surface area contributed by atoms with Crippen molar-refractivity contribution in [2.75, 3.05) is 24.2 Å². The lowest BCUT2D eigenvalue weighted by atomic mass is 10.1. The van der Waals surface area contributed by atoms with Gasteiger partial charge in [-0.25, -0.2) is 8.42 Å². The van der Waals surface area contributed by atoms with Crippen LogP contribution >= 0.6 is 0 Å². The second-order valence-corrected chi connectivity index (χ2v) is 11.0. The van der Waals surface area contributed by atoms with Gasteiger partial charge in [0.25, 0.3) is 0 Å². The number of rotatable bonds is 10. The van der Waals surface area contributed by atoms with Gasteiger partial charge in [0.2, 0.25) is 21.8 Å². The van der Waals surface area contributed by atoms with Gasteiger partial charge in [0.15, 0.2) is 0 Å². The van der Waals surface area contributed by atoms with Crippen LogP contribution in [-0.4, -0.2) is 56.6 Å². The van der Waals surface area contributed by atoms with Gasteiger partial charge >= 0.3 is 0 Å². The van der Waals surface area contributed by atoms with Gasteiger partial charge in [-0.05, 0) is 44.9 Å². The van der Waals surface area contributed by atoms with Gasteiger partial charge in [-0.2, -0.15) is 0 Å². The second-order valence-electron chi connectivity index (χ2n) is 9.11. The van der Waals surface area contributed by atoms with Crippen molar-refractivity contribution in [2.45, 2.75) is 52.2 Å². The average molecular weight is 490 g/mol. The molecular weight excluding hydrogens is 454 g/mol. The molecule has 2 aromatic rings. The first-order valence-electron chi connectivity index (χ1n) is 11.1. The van der Waals surface area contributed by atoms with Crippen molar-refractivity contribution < 1.29 is 22.7 Å². The van der Waals surface area contributed by atoms with E-state index in [-0.39, 0.29) is 18.1 Å². The van der Waals surface area contributed by atoms with E-state index in [4.69, 9.17) is 4.74 Å². The van der Waals surface area contributed by atoms with Crippen LogP contribution in [0.3, 0.4) is 0 Å². The molecule has 2 rings (SSSR count). The van der Waals surface area contributed by atoms with Crippen LogP contribution < -0.4 is 14.4 Å². The smallest absolute Gasteiger partial charge is 0.244 e. The molecule has 0 saturated carbocycles. The van der Waals surface area contributed by atoms with Gasteiger partial charge in [0, 0.05) is 12.1 Å². The molecule has 0 bridgehead atoms. The maximum Gasteiger partial charge on any atom is 0.244 e. The van der Waals surface area contributed by atoms with Gasteiger partial charge in [-0.15, -0.1) is 0 Å². The highest BCUT2D eigenvalue weighted by Gasteiger charge is 2.33. The Morgan fingerprint density at radius 2 is 1.62 bits per heavy atom. The fourth-order valence-corrected chi connectivity index (χ4v) is 4.44. The van der Waals surface area contributed by atoms with Gasteiger partial charge in [-0.1, -0.05) is 49.4 Å². The molecule has 0 aliphatic rings. The third kappa shape index (κ3) is 7.48. The van der Waals surface area contributed by atoms with Crippen molar-refractivity contribution >= 4 is 27.5 Å². The average Bonchev–Trinajstić information content (AvgIpc) is 2.76. The van der Waals surface area contributed by atoms with E-state index in [9.17, 15) is 18.0 Å². The summed E-state index contributed by atoms with van der Waals surface area (Å²) >= 11 is 0. The molecule has 186 valence electrons. The number of nitrogens with one attached hydrogen (secondary N) is 1. The second kappa shape index (κ2) is 11.4. The zero-order valence-electron chi connectivity index (χ0n) is 20.7. The molecule has 0 aromatic heterocycles. The van der Waals surface area contributed by atoms with Gasteiger partial charge in [-0.3, -0.25) is 13.9 Å². The molecule has 9 heteroatoms. The van der Waals surface area contributed by atoms with Crippen LogP contribution in [0.4, 0.5) is 5.69 Å². The summed E-state index contributed by atoms with van der Waals surface area (Å²) in [5, 5.41) is 2.94. The first-order valence-corrected chi connectivity index (χ1v) is 13.0. The fraction of sp³-hybridized carbons (Fsp3) is 0.440. The molecule has 0 aliphatic carbocycles. The highest BCUT2D eigenvalue weighted by molar-refractivity contribution is 7.92. The molecule has 0 heterocycles. The Bertz CT molecular complexity index is 1080. The Morgan fingerprint density at radius 1 is 1.03 bits per heavy atom. The lowest BCUT2D eigenvalue weighted by Crippen LogP contribution is -2.55. The number of carbonyl (C=O) groups is 2. The van der Waals surface area contributed by atoms with E-state index in [1.165, 1.54) is 12.0 Å². The molecule has 0 spiro atoms. The molecule has 0 radical (unpaired) electrons. The van der Waals surface area contributed by atoms with Crippen molar-refractivity contribution in [1.82, 2.24) is 10.2 Å². The summed E-state index contributed by atoms with van der Waals surface area (Å²) in [6.07, 6.45) is 1.41. The normalized spacial score (nSPS) is 12.5. The van der Waals surface area contributed by atoms with Crippen molar-refractivity contribution in [3.05, 3.63) is 60.2 Å². The van der Waals surface area contributed by atoms with Crippen molar-refractivity contribution in [3.63, 3.8) is 0 Å². The number of carbonyl (C=O) groups excluding carboxylic acids is 2. The lowest BCUT2D eigenvalue weighted by molar-refractivity contribution is -0.141. The van der Waals surface area contributed by atoms with E-state index < -0.39 is 34.1 Å². The van der Waals surface area contributed by atoms with Gasteiger partial charge in [0.05, 0.1) is 19.1 Å². The number of nitrogens with zero attached hydrogens (tertiary/aromatic N) is 2. The number of sulfonamides is 1. The number of anilines is 1. The number of methoxy groups -OCH3 is 1. The molecule has 34 heavy (non-hydrogen) atoms. The Kier molecular flexibility index (Phi) is 9.09. The van der Waals surface area contributed by atoms with E-state index in [0.29, 0.717) is 12.2 Å². The summed E-state index contributed by atoms with van der Waals surface area (Å²) in [7, 11) is -2.39. The zero-order valence-corrected chi connectivity index (χ0v) is 21.6. The summed E-state index contributed by atoms with van der Waals surface area (Å²) in [5.41, 5.74) is 0.607. The van der Waals surface area contributed by atoms with E-state index in [1.807, 2.05) is 58.0 Å². The highest BCUT2D eigenvalue weighted by Crippen LogP contribution is 2.29. The molecule has 1 unspecified atom stereocenters. The molecule has 0 fully saturated rings. The summed E-state index contributed by atoms with van der Waals surface area (Å²) < 4.78 is 31.7. The van der Waals surface area contributed by atoms with Crippen molar-refractivity contribution in [3.8, 4) is 5.75 Å². The number of hydrogen-bond donors (Lipinski definition) is 1. The highest BCUT2D eigenvalue weighted by atomic mass is 32.2. The first kappa shape index (κ1) is 27.2.